The molecule has 0 radical (unpaired) electrons. The van der Waals surface area contributed by atoms with Gasteiger partial charge in [0.2, 0.25) is 23.6 Å². The Morgan fingerprint density at radius 2 is 1.52 bits per heavy atom. The first-order valence-electron chi connectivity index (χ1n) is 16.9. The van der Waals surface area contributed by atoms with Gasteiger partial charge in [0.15, 0.2) is 0 Å². The number of nitrogens with zero attached hydrogens (tertiary/aromatic N) is 6. The van der Waals surface area contributed by atoms with E-state index in [9.17, 15) is 19.2 Å². The summed E-state index contributed by atoms with van der Waals surface area (Å²) >= 11 is 0. The Hall–Kier alpha value is -3.44. The number of nitriles is 2. The summed E-state index contributed by atoms with van der Waals surface area (Å²) in [6, 6.07) is 2.20. The summed E-state index contributed by atoms with van der Waals surface area (Å²) < 4.78 is 0. The summed E-state index contributed by atoms with van der Waals surface area (Å²) in [6.07, 6.45) is 6.09. The maximum absolute atomic E-state index is 14.1. The van der Waals surface area contributed by atoms with E-state index in [0.29, 0.717) is 25.0 Å². The maximum Gasteiger partial charge on any atom is 0.249 e. The normalized spacial score (nSPS) is 20.5. The fraction of sp³-hybridized carbons (Fsp3) is 0.771. The van der Waals surface area contributed by atoms with E-state index >= 15 is 0 Å². The van der Waals surface area contributed by atoms with Gasteiger partial charge < -0.3 is 20.0 Å². The monoisotopic (exact) mass is 639 g/mol. The number of amides is 4. The lowest BCUT2D eigenvalue weighted by Crippen LogP contribution is -2.60. The summed E-state index contributed by atoms with van der Waals surface area (Å²) in [7, 11) is 1.72. The molecular weight excluding hydrogens is 582 g/mol. The smallest absolute Gasteiger partial charge is 0.249 e. The molecule has 11 nitrogen and oxygen atoms in total. The lowest BCUT2D eigenvalue weighted by Gasteiger charge is -2.41. The van der Waals surface area contributed by atoms with Crippen molar-refractivity contribution < 1.29 is 19.2 Å². The summed E-state index contributed by atoms with van der Waals surface area (Å²) in [5.74, 6) is -0.889. The van der Waals surface area contributed by atoms with Gasteiger partial charge in [0.1, 0.15) is 12.1 Å². The van der Waals surface area contributed by atoms with E-state index in [4.69, 9.17) is 10.5 Å². The van der Waals surface area contributed by atoms with Gasteiger partial charge in [-0.15, -0.1) is 0 Å². The first kappa shape index (κ1) is 38.7. The van der Waals surface area contributed by atoms with E-state index in [1.54, 1.807) is 29.8 Å². The molecule has 2 aliphatic heterocycles. The largest absolute Gasteiger partial charge is 0.342 e. The van der Waals surface area contributed by atoms with Crippen LogP contribution in [0.5, 0.6) is 0 Å². The van der Waals surface area contributed by atoms with Crippen molar-refractivity contribution in [3.05, 3.63) is 11.6 Å². The van der Waals surface area contributed by atoms with Gasteiger partial charge >= 0.3 is 0 Å². The van der Waals surface area contributed by atoms with Crippen LogP contribution in [0.15, 0.2) is 11.6 Å². The molecule has 4 amide bonds. The second-order valence-electron chi connectivity index (χ2n) is 14.5. The zero-order valence-electron chi connectivity index (χ0n) is 29.6. The van der Waals surface area contributed by atoms with Crippen LogP contribution >= 0.6 is 0 Å². The molecular formula is C35H57N7O4. The fourth-order valence-electron chi connectivity index (χ4n) is 6.58. The van der Waals surface area contributed by atoms with Crippen LogP contribution in [0.1, 0.15) is 100 Å². The summed E-state index contributed by atoms with van der Waals surface area (Å²) in [5, 5.41) is 21.2. The Balaban J connectivity index is 2.29. The van der Waals surface area contributed by atoms with Gasteiger partial charge in [0, 0.05) is 38.3 Å². The third kappa shape index (κ3) is 10.0. The van der Waals surface area contributed by atoms with E-state index in [1.165, 1.54) is 4.90 Å². The molecule has 0 aromatic heterocycles. The molecule has 2 rings (SSSR count). The second-order valence-corrected chi connectivity index (χ2v) is 14.5. The van der Waals surface area contributed by atoms with Crippen molar-refractivity contribution >= 4 is 23.6 Å². The number of carbonyl (C=O) groups is 4. The Bertz CT molecular complexity index is 1170. The molecule has 256 valence electrons. The minimum atomic E-state index is -0.764. The van der Waals surface area contributed by atoms with Gasteiger partial charge in [-0.2, -0.15) is 10.5 Å². The van der Waals surface area contributed by atoms with E-state index < -0.39 is 23.5 Å². The number of carbonyl (C=O) groups excluding carboxylic acids is 4. The van der Waals surface area contributed by atoms with Crippen molar-refractivity contribution in [1.82, 2.24) is 24.9 Å². The van der Waals surface area contributed by atoms with Crippen molar-refractivity contribution in [1.29, 1.82) is 10.5 Å². The average Bonchev–Trinajstić information content (AvgIpc) is 3.50. The minimum Gasteiger partial charge on any atom is -0.342 e. The zero-order valence-corrected chi connectivity index (χ0v) is 29.6. The van der Waals surface area contributed by atoms with Crippen molar-refractivity contribution in [2.45, 2.75) is 131 Å². The number of nitrogens with one attached hydrogen (secondary N) is 1. The predicted octanol–water partition coefficient (Wildman–Crippen LogP) is 3.86. The SMILES string of the molecule is CC(=C[C@H](C(C)C)N(C)C(=O)[C@@H](NC(=O)C1CCCCN1C(C)C)C(C)(C)C)C(=O)N1CCC[C@H]1C(=O)N(CCC#N)CCC#N. The third-order valence-electron chi connectivity index (χ3n) is 9.24. The Labute approximate surface area is 276 Å². The molecule has 2 heterocycles. The molecule has 2 saturated heterocycles. The number of hydrogen-bond acceptors (Lipinski definition) is 7. The van der Waals surface area contributed by atoms with Gasteiger partial charge in [-0.1, -0.05) is 47.1 Å². The van der Waals surface area contributed by atoms with Crippen molar-refractivity contribution in [3.63, 3.8) is 0 Å². The summed E-state index contributed by atoms with van der Waals surface area (Å²) in [5.41, 5.74) is -0.120. The van der Waals surface area contributed by atoms with Gasteiger partial charge in [0.25, 0.3) is 0 Å². The first-order valence-corrected chi connectivity index (χ1v) is 16.9. The number of likely N-dealkylation sites (N-methyl/N-ethyl adjacent to an activating group) is 1. The Morgan fingerprint density at radius 1 is 0.935 bits per heavy atom. The summed E-state index contributed by atoms with van der Waals surface area (Å²) in [4.78, 5) is 61.9. The lowest BCUT2D eigenvalue weighted by atomic mass is 9.84. The van der Waals surface area contributed by atoms with Crippen LogP contribution in [0.25, 0.3) is 0 Å². The molecule has 0 spiro atoms. The Kier molecular flexibility index (Phi) is 14.7. The van der Waals surface area contributed by atoms with Crippen LogP contribution in [0.4, 0.5) is 0 Å². The minimum absolute atomic E-state index is 0.0359. The molecule has 0 aromatic rings. The molecule has 1 N–H and O–H groups in total. The molecule has 0 aliphatic carbocycles. The lowest BCUT2D eigenvalue weighted by molar-refractivity contribution is -0.142. The third-order valence-corrected chi connectivity index (χ3v) is 9.24. The summed E-state index contributed by atoms with van der Waals surface area (Å²) in [6.45, 7) is 17.4. The standard InChI is InChI=1S/C35H57N7O4/c1-24(2)29(23-26(5)32(44)42-22-12-16-28(42)33(45)40(19-13-17-36)20-14-18-37)39(9)34(46)30(35(6,7)8)38-31(43)27-15-10-11-21-41(27)25(3)4/h23-25,27-30H,10-16,19-22H2,1-9H3,(H,38,43)/t27?,28-,29+,30+/m0/s1. The van der Waals surface area contributed by atoms with Crippen LogP contribution in [0.2, 0.25) is 0 Å². The van der Waals surface area contributed by atoms with Crippen molar-refractivity contribution in [3.8, 4) is 12.1 Å². The molecule has 2 fully saturated rings. The zero-order chi connectivity index (χ0) is 34.8. The Morgan fingerprint density at radius 3 is 2.04 bits per heavy atom. The van der Waals surface area contributed by atoms with E-state index in [-0.39, 0.29) is 67.6 Å². The molecule has 0 bridgehead atoms. The highest BCUT2D eigenvalue weighted by molar-refractivity contribution is 5.97. The van der Waals surface area contributed by atoms with Gasteiger partial charge in [0.05, 0.1) is 37.1 Å². The maximum atomic E-state index is 14.1. The van der Waals surface area contributed by atoms with Crippen LogP contribution in [-0.2, 0) is 19.2 Å². The molecule has 11 heteroatoms. The average molecular weight is 640 g/mol. The quantitative estimate of drug-likeness (QED) is 0.302. The molecule has 46 heavy (non-hydrogen) atoms. The van der Waals surface area contributed by atoms with Crippen LogP contribution in [-0.4, -0.2) is 107 Å². The number of rotatable bonds is 13. The highest BCUT2D eigenvalue weighted by Crippen LogP contribution is 2.27. The first-order chi connectivity index (χ1) is 21.6. The fourth-order valence-corrected chi connectivity index (χ4v) is 6.58. The van der Waals surface area contributed by atoms with Gasteiger partial charge in [-0.3, -0.25) is 24.1 Å². The van der Waals surface area contributed by atoms with Crippen LogP contribution < -0.4 is 5.32 Å². The van der Waals surface area contributed by atoms with Crippen molar-refractivity contribution in [2.75, 3.05) is 33.2 Å². The van der Waals surface area contributed by atoms with E-state index in [1.807, 2.05) is 34.6 Å². The van der Waals surface area contributed by atoms with Gasteiger partial charge in [-0.25, -0.2) is 0 Å². The number of likely N-dealkylation sites (tertiary alicyclic amines) is 2. The van der Waals surface area contributed by atoms with E-state index in [2.05, 4.69) is 36.2 Å². The van der Waals surface area contributed by atoms with E-state index in [0.717, 1.165) is 25.8 Å². The van der Waals surface area contributed by atoms with Gasteiger partial charge in [-0.05, 0) is 64.3 Å². The molecule has 1 unspecified atom stereocenters. The molecule has 0 saturated carbocycles. The van der Waals surface area contributed by atoms with Crippen LogP contribution in [0, 0.1) is 34.0 Å². The molecule has 2 aliphatic rings. The number of piperidine rings is 1. The highest BCUT2D eigenvalue weighted by atomic mass is 16.2. The molecule has 4 atom stereocenters. The van der Waals surface area contributed by atoms with Crippen LogP contribution in [0.3, 0.4) is 0 Å². The number of hydrogen-bond donors (Lipinski definition) is 1. The van der Waals surface area contributed by atoms with Crippen molar-refractivity contribution in [2.24, 2.45) is 11.3 Å². The topological polar surface area (TPSA) is 141 Å². The molecule has 0 aromatic carbocycles. The second kappa shape index (κ2) is 17.5. The highest BCUT2D eigenvalue weighted by Gasteiger charge is 2.41. The predicted molar refractivity (Wildman–Crippen MR) is 178 cm³/mol.